The standard InChI is InChI=1S/C18H23F3O3/c1-2-11-23-17-6-4-3-5-15(17)16(22)12-24-14-9-7-13(8-10-14)18(19,20)21/h7-10,15,17H,2-6,11-12H2,1H3. The average Bonchev–Trinajstić information content (AvgIpc) is 2.57. The van der Waals surface area contributed by atoms with E-state index in [1.165, 1.54) is 12.1 Å². The number of carbonyl (C=O) groups excluding carboxylic acids is 1. The second-order valence-corrected chi connectivity index (χ2v) is 6.08. The van der Waals surface area contributed by atoms with Crippen LogP contribution in [0.5, 0.6) is 5.75 Å². The summed E-state index contributed by atoms with van der Waals surface area (Å²) in [5, 5.41) is 0. The van der Waals surface area contributed by atoms with Crippen LogP contribution < -0.4 is 4.74 Å². The Bertz CT molecular complexity index is 525. The molecule has 0 N–H and O–H groups in total. The van der Waals surface area contributed by atoms with Crippen molar-refractivity contribution in [2.75, 3.05) is 13.2 Å². The first kappa shape index (κ1) is 18.8. The third kappa shape index (κ3) is 5.23. The van der Waals surface area contributed by atoms with Gasteiger partial charge in [-0.15, -0.1) is 0 Å². The van der Waals surface area contributed by atoms with Crippen molar-refractivity contribution in [2.45, 2.75) is 51.3 Å². The highest BCUT2D eigenvalue weighted by Gasteiger charge is 2.32. The van der Waals surface area contributed by atoms with Crippen molar-refractivity contribution in [1.29, 1.82) is 0 Å². The fourth-order valence-electron chi connectivity index (χ4n) is 2.94. The van der Waals surface area contributed by atoms with Crippen LogP contribution in [-0.4, -0.2) is 25.1 Å². The minimum absolute atomic E-state index is 0.0456. The van der Waals surface area contributed by atoms with E-state index in [2.05, 4.69) is 0 Å². The molecule has 1 aliphatic rings. The van der Waals surface area contributed by atoms with Crippen molar-refractivity contribution in [1.82, 2.24) is 0 Å². The third-order valence-corrected chi connectivity index (χ3v) is 4.21. The van der Waals surface area contributed by atoms with Gasteiger partial charge in [-0.1, -0.05) is 19.8 Å². The maximum Gasteiger partial charge on any atom is 0.416 e. The zero-order chi connectivity index (χ0) is 17.6. The molecule has 1 aromatic rings. The molecule has 0 saturated heterocycles. The highest BCUT2D eigenvalue weighted by Crippen LogP contribution is 2.31. The molecule has 6 heteroatoms. The lowest BCUT2D eigenvalue weighted by atomic mass is 9.83. The summed E-state index contributed by atoms with van der Waals surface area (Å²) in [6.07, 6.45) is 0.156. The van der Waals surface area contributed by atoms with Crippen molar-refractivity contribution in [3.8, 4) is 5.75 Å². The quantitative estimate of drug-likeness (QED) is 0.723. The molecule has 2 atom stereocenters. The first-order valence-electron chi connectivity index (χ1n) is 8.36. The summed E-state index contributed by atoms with van der Waals surface area (Å²) in [6, 6.07) is 4.38. The second-order valence-electron chi connectivity index (χ2n) is 6.08. The molecule has 134 valence electrons. The molecule has 0 heterocycles. The SMILES string of the molecule is CCCOC1CCCCC1C(=O)COc1ccc(C(F)(F)F)cc1. The van der Waals surface area contributed by atoms with Gasteiger partial charge in [0.15, 0.2) is 5.78 Å². The van der Waals surface area contributed by atoms with Gasteiger partial charge >= 0.3 is 6.18 Å². The van der Waals surface area contributed by atoms with Crippen molar-refractivity contribution in [3.63, 3.8) is 0 Å². The van der Waals surface area contributed by atoms with Crippen molar-refractivity contribution >= 4 is 5.78 Å². The molecular weight excluding hydrogens is 321 g/mol. The molecule has 0 bridgehead atoms. The van der Waals surface area contributed by atoms with Gasteiger partial charge in [-0.25, -0.2) is 0 Å². The lowest BCUT2D eigenvalue weighted by Crippen LogP contribution is -2.36. The predicted molar refractivity (Wildman–Crippen MR) is 83.9 cm³/mol. The van der Waals surface area contributed by atoms with Crippen molar-refractivity contribution < 1.29 is 27.4 Å². The molecule has 0 amide bonds. The number of alkyl halides is 3. The minimum Gasteiger partial charge on any atom is -0.486 e. The molecular formula is C18H23F3O3. The van der Waals surface area contributed by atoms with Crippen LogP contribution in [0.4, 0.5) is 13.2 Å². The zero-order valence-electron chi connectivity index (χ0n) is 13.8. The van der Waals surface area contributed by atoms with Crippen LogP contribution in [-0.2, 0) is 15.7 Å². The average molecular weight is 344 g/mol. The number of rotatable bonds is 7. The van der Waals surface area contributed by atoms with Gasteiger partial charge in [0.1, 0.15) is 12.4 Å². The molecule has 0 radical (unpaired) electrons. The largest absolute Gasteiger partial charge is 0.486 e. The molecule has 3 nitrogen and oxygen atoms in total. The monoisotopic (exact) mass is 344 g/mol. The first-order valence-corrected chi connectivity index (χ1v) is 8.36. The molecule has 0 spiro atoms. The van der Waals surface area contributed by atoms with Crippen LogP contribution in [0, 0.1) is 5.92 Å². The van der Waals surface area contributed by atoms with Crippen LogP contribution >= 0.6 is 0 Å². The van der Waals surface area contributed by atoms with Crippen molar-refractivity contribution in [2.24, 2.45) is 5.92 Å². The molecule has 2 rings (SSSR count). The van der Waals surface area contributed by atoms with E-state index in [0.29, 0.717) is 6.61 Å². The van der Waals surface area contributed by atoms with E-state index >= 15 is 0 Å². The zero-order valence-corrected chi connectivity index (χ0v) is 13.8. The van der Waals surface area contributed by atoms with E-state index < -0.39 is 11.7 Å². The van der Waals surface area contributed by atoms with Crippen LogP contribution in [0.1, 0.15) is 44.6 Å². The van der Waals surface area contributed by atoms with Gasteiger partial charge in [0, 0.05) is 12.5 Å². The molecule has 1 aromatic carbocycles. The molecule has 0 aliphatic heterocycles. The normalized spacial score (nSPS) is 21.5. The van der Waals surface area contributed by atoms with Crippen LogP contribution in [0.2, 0.25) is 0 Å². The maximum absolute atomic E-state index is 12.5. The Morgan fingerprint density at radius 2 is 1.83 bits per heavy atom. The summed E-state index contributed by atoms with van der Waals surface area (Å²) in [4.78, 5) is 12.4. The Morgan fingerprint density at radius 3 is 2.46 bits per heavy atom. The number of benzene rings is 1. The van der Waals surface area contributed by atoms with Crippen LogP contribution in [0.3, 0.4) is 0 Å². The van der Waals surface area contributed by atoms with Gasteiger partial charge in [0.2, 0.25) is 0 Å². The van der Waals surface area contributed by atoms with Crippen LogP contribution in [0.25, 0.3) is 0 Å². The van der Waals surface area contributed by atoms with Gasteiger partial charge in [-0.3, -0.25) is 4.79 Å². The number of carbonyl (C=O) groups is 1. The van der Waals surface area contributed by atoms with Gasteiger partial charge in [-0.05, 0) is 43.5 Å². The number of hydrogen-bond acceptors (Lipinski definition) is 3. The van der Waals surface area contributed by atoms with Gasteiger partial charge in [0.25, 0.3) is 0 Å². The number of halogens is 3. The lowest BCUT2D eigenvalue weighted by Gasteiger charge is -2.30. The van der Waals surface area contributed by atoms with Crippen molar-refractivity contribution in [3.05, 3.63) is 29.8 Å². The van der Waals surface area contributed by atoms with E-state index in [1.54, 1.807) is 0 Å². The summed E-state index contributed by atoms with van der Waals surface area (Å²) < 4.78 is 48.7. The van der Waals surface area contributed by atoms with E-state index in [9.17, 15) is 18.0 Å². The Hall–Kier alpha value is -1.56. The van der Waals surface area contributed by atoms with Crippen LogP contribution in [0.15, 0.2) is 24.3 Å². The van der Waals surface area contributed by atoms with Gasteiger partial charge in [-0.2, -0.15) is 13.2 Å². The van der Waals surface area contributed by atoms with E-state index in [-0.39, 0.29) is 30.2 Å². The fraction of sp³-hybridized carbons (Fsp3) is 0.611. The molecule has 1 aliphatic carbocycles. The summed E-state index contributed by atoms with van der Waals surface area (Å²) in [5.74, 6) is 0.0358. The second kappa shape index (κ2) is 8.51. The van der Waals surface area contributed by atoms with Gasteiger partial charge < -0.3 is 9.47 Å². The first-order chi connectivity index (χ1) is 11.4. The third-order valence-electron chi connectivity index (χ3n) is 4.21. The van der Waals surface area contributed by atoms with E-state index in [1.807, 2.05) is 6.92 Å². The number of hydrogen-bond donors (Lipinski definition) is 0. The Kier molecular flexibility index (Phi) is 6.66. The fourth-order valence-corrected chi connectivity index (χ4v) is 2.94. The van der Waals surface area contributed by atoms with Gasteiger partial charge in [0.05, 0.1) is 11.7 Å². The topological polar surface area (TPSA) is 35.5 Å². The summed E-state index contributed by atoms with van der Waals surface area (Å²) in [6.45, 7) is 2.52. The van der Waals surface area contributed by atoms with E-state index in [4.69, 9.17) is 9.47 Å². The molecule has 24 heavy (non-hydrogen) atoms. The van der Waals surface area contributed by atoms with E-state index in [0.717, 1.165) is 44.2 Å². The highest BCUT2D eigenvalue weighted by atomic mass is 19.4. The summed E-state index contributed by atoms with van der Waals surface area (Å²) in [5.41, 5.74) is -0.735. The minimum atomic E-state index is -4.37. The maximum atomic E-state index is 12.5. The smallest absolute Gasteiger partial charge is 0.416 e. The number of Topliss-reactive ketones (excluding diaryl/α,β-unsaturated/α-hetero) is 1. The molecule has 2 unspecified atom stereocenters. The molecule has 1 fully saturated rings. The predicted octanol–water partition coefficient (Wildman–Crippen LogP) is 4.64. The Balaban J connectivity index is 1.89. The number of ether oxygens (including phenoxy) is 2. The Morgan fingerprint density at radius 1 is 1.17 bits per heavy atom. The lowest BCUT2D eigenvalue weighted by molar-refractivity contribution is -0.137. The molecule has 1 saturated carbocycles. The summed E-state index contributed by atoms with van der Waals surface area (Å²) in [7, 11) is 0. The highest BCUT2D eigenvalue weighted by molar-refractivity contribution is 5.83. The molecule has 0 aromatic heterocycles. The summed E-state index contributed by atoms with van der Waals surface area (Å²) >= 11 is 0. The number of ketones is 1. The Labute approximate surface area is 140 Å².